The Labute approximate surface area is 128 Å². The minimum Gasteiger partial charge on any atom is -0.344 e. The molecule has 1 aliphatic rings. The van der Waals surface area contributed by atoms with Crippen molar-refractivity contribution in [3.63, 3.8) is 0 Å². The molecule has 0 spiro atoms. The van der Waals surface area contributed by atoms with E-state index >= 15 is 0 Å². The Balaban J connectivity index is 0.00000200. The van der Waals surface area contributed by atoms with Gasteiger partial charge in [0, 0.05) is 19.5 Å². The monoisotopic (exact) mass is 317 g/mol. The van der Waals surface area contributed by atoms with Gasteiger partial charge in [0.05, 0.1) is 10.7 Å². The van der Waals surface area contributed by atoms with Gasteiger partial charge in [-0.25, -0.2) is 0 Å². The Kier molecular flexibility index (Phi) is 6.26. The van der Waals surface area contributed by atoms with Crippen molar-refractivity contribution in [1.82, 2.24) is 5.32 Å². The molecule has 1 heterocycles. The summed E-state index contributed by atoms with van der Waals surface area (Å²) < 4.78 is 0. The van der Waals surface area contributed by atoms with Gasteiger partial charge in [0.25, 0.3) is 0 Å². The van der Waals surface area contributed by atoms with E-state index in [-0.39, 0.29) is 37.2 Å². The van der Waals surface area contributed by atoms with Crippen molar-refractivity contribution in [3.05, 3.63) is 29.3 Å². The molecule has 1 fully saturated rings. The van der Waals surface area contributed by atoms with Gasteiger partial charge in [-0.15, -0.1) is 12.4 Å². The number of hydrogen-bond acceptors (Lipinski definition) is 3. The molecule has 1 aromatic carbocycles. The molecule has 7 heteroatoms. The van der Waals surface area contributed by atoms with Gasteiger partial charge >= 0.3 is 0 Å². The molecular formula is C13H17Cl2N3O2. The largest absolute Gasteiger partial charge is 0.344 e. The maximum absolute atomic E-state index is 12.2. The van der Waals surface area contributed by atoms with Crippen LogP contribution in [0, 0.1) is 0 Å². The number of anilines is 1. The molecule has 0 aliphatic carbocycles. The Bertz CT molecular complexity index is 496. The highest BCUT2D eigenvalue weighted by molar-refractivity contribution is 6.34. The number of amides is 2. The molecule has 0 radical (unpaired) electrons. The lowest BCUT2D eigenvalue weighted by atomic mass is 10.2. The topological polar surface area (TPSA) is 75.4 Å². The van der Waals surface area contributed by atoms with Crippen LogP contribution in [-0.2, 0) is 9.59 Å². The summed E-state index contributed by atoms with van der Waals surface area (Å²) in [6, 6.07) is 6.70. The number of hydrogen-bond donors (Lipinski definition) is 2. The van der Waals surface area contributed by atoms with E-state index in [1.54, 1.807) is 17.0 Å². The highest BCUT2D eigenvalue weighted by Crippen LogP contribution is 2.28. The standard InChI is InChI=1S/C13H16ClN3O2.ClH/c14-9-3-1-2-4-11(9)17-8-6-10(13(17)19)16-12(18)5-7-15;/h1-4,10H,5-8,15H2,(H,16,18);1H. The second-order valence-electron chi connectivity index (χ2n) is 4.39. The maximum atomic E-state index is 12.2. The zero-order valence-electron chi connectivity index (χ0n) is 10.8. The first kappa shape index (κ1) is 16.8. The van der Waals surface area contributed by atoms with Crippen molar-refractivity contribution in [2.24, 2.45) is 5.73 Å². The third-order valence-corrected chi connectivity index (χ3v) is 3.37. The van der Waals surface area contributed by atoms with Gasteiger partial charge in [0.1, 0.15) is 6.04 Å². The van der Waals surface area contributed by atoms with Crippen molar-refractivity contribution in [1.29, 1.82) is 0 Å². The second kappa shape index (κ2) is 7.47. The molecule has 1 atom stereocenters. The third-order valence-electron chi connectivity index (χ3n) is 3.06. The Morgan fingerprint density at radius 2 is 2.15 bits per heavy atom. The average Bonchev–Trinajstić information content (AvgIpc) is 2.72. The van der Waals surface area contributed by atoms with Gasteiger partial charge in [-0.3, -0.25) is 9.59 Å². The molecule has 5 nitrogen and oxygen atoms in total. The number of rotatable bonds is 4. The van der Waals surface area contributed by atoms with Crippen LogP contribution in [0.2, 0.25) is 5.02 Å². The van der Waals surface area contributed by atoms with E-state index in [9.17, 15) is 9.59 Å². The molecule has 2 rings (SSSR count). The van der Waals surface area contributed by atoms with Crippen LogP contribution in [0.25, 0.3) is 0 Å². The number of benzene rings is 1. The van der Waals surface area contributed by atoms with Gasteiger partial charge in [-0.05, 0) is 18.6 Å². The zero-order valence-corrected chi connectivity index (χ0v) is 12.4. The molecule has 0 saturated carbocycles. The average molecular weight is 318 g/mol. The number of halogens is 2. The summed E-state index contributed by atoms with van der Waals surface area (Å²) in [5.74, 6) is -0.319. The number of carbonyl (C=O) groups is 2. The first-order chi connectivity index (χ1) is 9.13. The quantitative estimate of drug-likeness (QED) is 0.879. The highest BCUT2D eigenvalue weighted by atomic mass is 35.5. The molecule has 3 N–H and O–H groups in total. The summed E-state index contributed by atoms with van der Waals surface area (Å²) in [7, 11) is 0. The second-order valence-corrected chi connectivity index (χ2v) is 4.80. The van der Waals surface area contributed by atoms with E-state index in [0.29, 0.717) is 23.7 Å². The van der Waals surface area contributed by atoms with Gasteiger partial charge in [-0.1, -0.05) is 23.7 Å². The molecule has 0 aromatic heterocycles. The number of nitrogens with two attached hydrogens (primary N) is 1. The predicted molar refractivity (Wildman–Crippen MR) is 81.3 cm³/mol. The molecule has 1 saturated heterocycles. The minimum absolute atomic E-state index is 0. The van der Waals surface area contributed by atoms with Crippen LogP contribution in [0.5, 0.6) is 0 Å². The van der Waals surface area contributed by atoms with Crippen molar-refractivity contribution < 1.29 is 9.59 Å². The lowest BCUT2D eigenvalue weighted by Crippen LogP contribution is -2.42. The van der Waals surface area contributed by atoms with E-state index in [0.717, 1.165) is 0 Å². The minimum atomic E-state index is -0.477. The normalized spacial score (nSPS) is 17.8. The first-order valence-electron chi connectivity index (χ1n) is 6.19. The molecular weight excluding hydrogens is 301 g/mol. The number of para-hydroxylation sites is 1. The van der Waals surface area contributed by atoms with Crippen LogP contribution in [-0.4, -0.2) is 30.9 Å². The van der Waals surface area contributed by atoms with E-state index < -0.39 is 6.04 Å². The Morgan fingerprint density at radius 1 is 1.45 bits per heavy atom. The third kappa shape index (κ3) is 3.62. The molecule has 2 amide bonds. The van der Waals surface area contributed by atoms with E-state index in [4.69, 9.17) is 17.3 Å². The van der Waals surface area contributed by atoms with Gasteiger partial charge in [0.2, 0.25) is 11.8 Å². The Morgan fingerprint density at radius 3 is 2.80 bits per heavy atom. The van der Waals surface area contributed by atoms with Crippen LogP contribution in [0.15, 0.2) is 24.3 Å². The summed E-state index contributed by atoms with van der Waals surface area (Å²) in [5, 5.41) is 3.23. The lowest BCUT2D eigenvalue weighted by Gasteiger charge is -2.18. The van der Waals surface area contributed by atoms with Crippen molar-refractivity contribution in [2.45, 2.75) is 18.9 Å². The maximum Gasteiger partial charge on any atom is 0.249 e. The number of nitrogens with one attached hydrogen (secondary N) is 1. The molecule has 0 bridgehead atoms. The summed E-state index contributed by atoms with van der Waals surface area (Å²) in [5.41, 5.74) is 5.99. The fourth-order valence-corrected chi connectivity index (χ4v) is 2.36. The van der Waals surface area contributed by atoms with Crippen LogP contribution >= 0.6 is 24.0 Å². The SMILES string of the molecule is Cl.NCCC(=O)NC1CCN(c2ccccc2Cl)C1=O. The molecule has 20 heavy (non-hydrogen) atoms. The Hall–Kier alpha value is -1.30. The van der Waals surface area contributed by atoms with E-state index in [2.05, 4.69) is 5.32 Å². The van der Waals surface area contributed by atoms with Crippen molar-refractivity contribution in [2.75, 3.05) is 18.0 Å². The highest BCUT2D eigenvalue weighted by Gasteiger charge is 2.34. The zero-order chi connectivity index (χ0) is 13.8. The first-order valence-corrected chi connectivity index (χ1v) is 6.56. The van der Waals surface area contributed by atoms with E-state index in [1.165, 1.54) is 0 Å². The van der Waals surface area contributed by atoms with Crippen LogP contribution in [0.3, 0.4) is 0 Å². The van der Waals surface area contributed by atoms with Gasteiger partial charge in [0.15, 0.2) is 0 Å². The van der Waals surface area contributed by atoms with E-state index in [1.807, 2.05) is 12.1 Å². The van der Waals surface area contributed by atoms with Crippen LogP contribution in [0.1, 0.15) is 12.8 Å². The fourth-order valence-electron chi connectivity index (χ4n) is 2.12. The summed E-state index contributed by atoms with van der Waals surface area (Å²) in [4.78, 5) is 25.3. The predicted octanol–water partition coefficient (Wildman–Crippen LogP) is 1.33. The summed E-state index contributed by atoms with van der Waals surface area (Å²) in [6.07, 6.45) is 0.816. The number of nitrogens with zero attached hydrogens (tertiary/aromatic N) is 1. The lowest BCUT2D eigenvalue weighted by molar-refractivity contribution is -0.126. The molecule has 110 valence electrons. The van der Waals surface area contributed by atoms with Crippen molar-refractivity contribution in [3.8, 4) is 0 Å². The molecule has 1 unspecified atom stereocenters. The smallest absolute Gasteiger partial charge is 0.249 e. The van der Waals surface area contributed by atoms with Crippen LogP contribution < -0.4 is 16.0 Å². The van der Waals surface area contributed by atoms with Crippen LogP contribution in [0.4, 0.5) is 5.69 Å². The summed E-state index contributed by atoms with van der Waals surface area (Å²) in [6.45, 7) is 0.830. The molecule has 1 aliphatic heterocycles. The van der Waals surface area contributed by atoms with Crippen molar-refractivity contribution >= 4 is 41.5 Å². The number of carbonyl (C=O) groups excluding carboxylic acids is 2. The molecule has 1 aromatic rings. The van der Waals surface area contributed by atoms with Gasteiger partial charge < -0.3 is 16.0 Å². The van der Waals surface area contributed by atoms with Gasteiger partial charge in [-0.2, -0.15) is 0 Å². The fraction of sp³-hybridized carbons (Fsp3) is 0.385. The summed E-state index contributed by atoms with van der Waals surface area (Å²) >= 11 is 6.08.